The van der Waals surface area contributed by atoms with Crippen molar-refractivity contribution in [2.24, 2.45) is 0 Å². The summed E-state index contributed by atoms with van der Waals surface area (Å²) in [6.07, 6.45) is -1.07. The van der Waals surface area contributed by atoms with E-state index < -0.39 is 12.7 Å². The summed E-state index contributed by atoms with van der Waals surface area (Å²) in [6.45, 7) is 1.50. The Hall–Kier alpha value is -1.65. The van der Waals surface area contributed by atoms with Gasteiger partial charge in [-0.25, -0.2) is 0 Å². The third-order valence-corrected chi connectivity index (χ3v) is 4.33. The quantitative estimate of drug-likeness (QED) is 0.731. The first-order valence-electron chi connectivity index (χ1n) is 7.16. The van der Waals surface area contributed by atoms with Crippen molar-refractivity contribution >= 4 is 34.1 Å². The monoisotopic (exact) mass is 347 g/mol. The molecule has 0 saturated carbocycles. The van der Waals surface area contributed by atoms with Crippen LogP contribution in [-0.2, 0) is 0 Å². The number of pyridine rings is 1. The summed E-state index contributed by atoms with van der Waals surface area (Å²) in [6, 6.07) is 12.9. The molecule has 2 N–H and O–H groups in total. The van der Waals surface area contributed by atoms with E-state index in [1.165, 1.54) is 0 Å². The second kappa shape index (κ2) is 6.46. The average Bonchev–Trinajstić information content (AvgIpc) is 2.53. The maximum atomic E-state index is 10.2. The van der Waals surface area contributed by atoms with Crippen LogP contribution in [0.3, 0.4) is 0 Å². The van der Waals surface area contributed by atoms with Crippen LogP contribution in [0.1, 0.15) is 17.4 Å². The number of aliphatic hydroxyl groups is 2. The highest BCUT2D eigenvalue weighted by Crippen LogP contribution is 2.39. The van der Waals surface area contributed by atoms with Crippen molar-refractivity contribution in [3.05, 3.63) is 63.8 Å². The molecule has 0 spiro atoms. The molecule has 0 aliphatic rings. The Morgan fingerprint density at radius 2 is 1.78 bits per heavy atom. The minimum absolute atomic E-state index is 0.377. The van der Waals surface area contributed by atoms with Crippen LogP contribution >= 0.6 is 23.2 Å². The molecule has 1 aromatic heterocycles. The third-order valence-electron chi connectivity index (χ3n) is 3.76. The van der Waals surface area contributed by atoms with E-state index >= 15 is 0 Å². The molecular formula is C18H15Cl2NO2. The van der Waals surface area contributed by atoms with E-state index in [0.717, 1.165) is 27.7 Å². The van der Waals surface area contributed by atoms with E-state index in [2.05, 4.69) is 4.98 Å². The number of aliphatic hydroxyl groups excluding tert-OH is 2. The second-order valence-corrected chi connectivity index (χ2v) is 6.22. The van der Waals surface area contributed by atoms with Gasteiger partial charge in [-0.3, -0.25) is 4.98 Å². The molecular weight excluding hydrogens is 333 g/mol. The fourth-order valence-electron chi connectivity index (χ4n) is 2.71. The number of fused-ring (bicyclic) bond motifs is 1. The van der Waals surface area contributed by atoms with Crippen molar-refractivity contribution in [1.82, 2.24) is 4.98 Å². The summed E-state index contributed by atoms with van der Waals surface area (Å²) in [5.41, 5.74) is 3.74. The molecule has 1 atom stereocenters. The topological polar surface area (TPSA) is 53.4 Å². The minimum Gasteiger partial charge on any atom is -0.393 e. The first-order valence-corrected chi connectivity index (χ1v) is 7.91. The molecule has 0 fully saturated rings. The molecule has 3 aromatic rings. The molecule has 0 bridgehead atoms. The normalized spacial score (nSPS) is 12.6. The number of hydrogen-bond donors (Lipinski definition) is 2. The Balaban J connectivity index is 2.40. The SMILES string of the molecule is Cc1ccc2c(-c3ccc(Cl)cc3)c([C@H](O)CO)c(Cl)cc2n1. The largest absolute Gasteiger partial charge is 0.393 e. The molecule has 0 aliphatic carbocycles. The van der Waals surface area contributed by atoms with Gasteiger partial charge in [-0.15, -0.1) is 0 Å². The fraction of sp³-hybridized carbons (Fsp3) is 0.167. The van der Waals surface area contributed by atoms with Crippen molar-refractivity contribution in [2.45, 2.75) is 13.0 Å². The van der Waals surface area contributed by atoms with Gasteiger partial charge in [-0.05, 0) is 42.3 Å². The van der Waals surface area contributed by atoms with E-state index in [1.807, 2.05) is 31.2 Å². The van der Waals surface area contributed by atoms with Gasteiger partial charge in [0, 0.05) is 26.7 Å². The summed E-state index contributed by atoms with van der Waals surface area (Å²) < 4.78 is 0. The molecule has 0 saturated heterocycles. The molecule has 23 heavy (non-hydrogen) atoms. The van der Waals surface area contributed by atoms with E-state index in [1.54, 1.807) is 18.2 Å². The van der Waals surface area contributed by atoms with Crippen LogP contribution in [0.15, 0.2) is 42.5 Å². The standard InChI is InChI=1S/C18H15Cl2NO2/c1-10-2-7-13-15(21-10)8-14(20)18(16(23)9-22)17(13)11-3-5-12(19)6-4-11/h2-8,16,22-23H,9H2,1H3/t16-/m1/s1. The first kappa shape index (κ1) is 16.2. The van der Waals surface area contributed by atoms with E-state index in [9.17, 15) is 10.2 Å². The zero-order valence-electron chi connectivity index (χ0n) is 12.4. The molecule has 0 unspecified atom stereocenters. The predicted octanol–water partition coefficient (Wildman–Crippen LogP) is 4.54. The first-order chi connectivity index (χ1) is 11.0. The van der Waals surface area contributed by atoms with E-state index in [-0.39, 0.29) is 0 Å². The van der Waals surface area contributed by atoms with Gasteiger partial charge >= 0.3 is 0 Å². The fourth-order valence-corrected chi connectivity index (χ4v) is 3.15. The van der Waals surface area contributed by atoms with E-state index in [4.69, 9.17) is 23.2 Å². The van der Waals surface area contributed by atoms with Gasteiger partial charge in [-0.2, -0.15) is 0 Å². The van der Waals surface area contributed by atoms with Gasteiger partial charge in [-0.1, -0.05) is 41.4 Å². The summed E-state index contributed by atoms with van der Waals surface area (Å²) >= 11 is 12.3. The summed E-state index contributed by atoms with van der Waals surface area (Å²) in [5.74, 6) is 0. The number of aryl methyl sites for hydroxylation is 1. The number of aromatic nitrogens is 1. The molecule has 0 radical (unpaired) electrons. The lowest BCUT2D eigenvalue weighted by atomic mass is 9.92. The van der Waals surface area contributed by atoms with Crippen molar-refractivity contribution in [3.63, 3.8) is 0 Å². The van der Waals surface area contributed by atoms with Crippen LogP contribution in [0.2, 0.25) is 10.0 Å². The lowest BCUT2D eigenvalue weighted by molar-refractivity contribution is 0.0962. The molecule has 1 heterocycles. The Bertz CT molecular complexity index is 863. The van der Waals surface area contributed by atoms with Gasteiger partial charge in [0.1, 0.15) is 6.10 Å². The highest BCUT2D eigenvalue weighted by Gasteiger charge is 2.20. The van der Waals surface area contributed by atoms with Crippen LogP contribution in [-0.4, -0.2) is 21.8 Å². The lowest BCUT2D eigenvalue weighted by Gasteiger charge is -2.18. The van der Waals surface area contributed by atoms with Crippen LogP contribution in [0.4, 0.5) is 0 Å². The third kappa shape index (κ3) is 3.06. The molecule has 0 aliphatic heterocycles. The van der Waals surface area contributed by atoms with Crippen molar-refractivity contribution in [1.29, 1.82) is 0 Å². The zero-order valence-corrected chi connectivity index (χ0v) is 13.9. The molecule has 0 amide bonds. The highest BCUT2D eigenvalue weighted by molar-refractivity contribution is 6.33. The summed E-state index contributed by atoms with van der Waals surface area (Å²) in [4.78, 5) is 4.51. The molecule has 3 nitrogen and oxygen atoms in total. The second-order valence-electron chi connectivity index (χ2n) is 5.37. The van der Waals surface area contributed by atoms with Crippen molar-refractivity contribution in [3.8, 4) is 11.1 Å². The van der Waals surface area contributed by atoms with Crippen LogP contribution in [0.25, 0.3) is 22.0 Å². The van der Waals surface area contributed by atoms with Gasteiger partial charge in [0.05, 0.1) is 12.1 Å². The molecule has 5 heteroatoms. The molecule has 3 rings (SSSR count). The predicted molar refractivity (Wildman–Crippen MR) is 94.0 cm³/mol. The van der Waals surface area contributed by atoms with Crippen LogP contribution < -0.4 is 0 Å². The smallest absolute Gasteiger partial charge is 0.104 e. The average molecular weight is 348 g/mol. The number of nitrogens with zero attached hydrogens (tertiary/aromatic N) is 1. The Morgan fingerprint density at radius 1 is 1.09 bits per heavy atom. The maximum Gasteiger partial charge on any atom is 0.104 e. The van der Waals surface area contributed by atoms with E-state index in [0.29, 0.717) is 15.6 Å². The van der Waals surface area contributed by atoms with Crippen molar-refractivity contribution in [2.75, 3.05) is 6.61 Å². The number of halogens is 2. The maximum absolute atomic E-state index is 10.2. The zero-order chi connectivity index (χ0) is 16.6. The lowest BCUT2D eigenvalue weighted by Crippen LogP contribution is -2.06. The molecule has 2 aromatic carbocycles. The minimum atomic E-state index is -1.07. The summed E-state index contributed by atoms with van der Waals surface area (Å²) in [5, 5.41) is 21.5. The molecule has 118 valence electrons. The Labute approximate surface area is 144 Å². The number of hydrogen-bond acceptors (Lipinski definition) is 3. The van der Waals surface area contributed by atoms with Gasteiger partial charge in [0.15, 0.2) is 0 Å². The number of benzene rings is 2. The number of rotatable bonds is 3. The summed E-state index contributed by atoms with van der Waals surface area (Å²) in [7, 11) is 0. The van der Waals surface area contributed by atoms with Crippen molar-refractivity contribution < 1.29 is 10.2 Å². The Morgan fingerprint density at radius 3 is 2.43 bits per heavy atom. The van der Waals surface area contributed by atoms with Gasteiger partial charge in [0.2, 0.25) is 0 Å². The highest BCUT2D eigenvalue weighted by atomic mass is 35.5. The van der Waals surface area contributed by atoms with Crippen LogP contribution in [0.5, 0.6) is 0 Å². The van der Waals surface area contributed by atoms with Gasteiger partial charge in [0.25, 0.3) is 0 Å². The van der Waals surface area contributed by atoms with Crippen LogP contribution in [0, 0.1) is 6.92 Å². The Kier molecular flexibility index (Phi) is 4.55. The van der Waals surface area contributed by atoms with Gasteiger partial charge < -0.3 is 10.2 Å².